The minimum atomic E-state index is -1.08. The summed E-state index contributed by atoms with van der Waals surface area (Å²) in [6.07, 6.45) is 0. The lowest BCUT2D eigenvalue weighted by molar-refractivity contribution is 0.0468. The molecule has 0 saturated heterocycles. The number of aryl methyl sites for hydroxylation is 1. The Kier molecular flexibility index (Phi) is 3.59. The van der Waals surface area contributed by atoms with Crippen LogP contribution in [0, 0.1) is 18.3 Å². The van der Waals surface area contributed by atoms with Crippen molar-refractivity contribution in [3.05, 3.63) is 53.5 Å². The molecular formula is C15H16N2O2. The molecule has 2 N–H and O–H groups in total. The highest BCUT2D eigenvalue weighted by atomic mass is 16.4. The molecule has 0 fully saturated rings. The fourth-order valence-electron chi connectivity index (χ4n) is 1.75. The number of hydrogen-bond acceptors (Lipinski definition) is 4. The van der Waals surface area contributed by atoms with Gasteiger partial charge in [0.05, 0.1) is 18.2 Å². The number of benzene rings is 1. The molecule has 1 heterocycles. The van der Waals surface area contributed by atoms with Crippen molar-refractivity contribution in [2.24, 2.45) is 0 Å². The van der Waals surface area contributed by atoms with Crippen LogP contribution >= 0.6 is 0 Å². The quantitative estimate of drug-likeness (QED) is 0.882. The lowest BCUT2D eigenvalue weighted by Crippen LogP contribution is -2.30. The van der Waals surface area contributed by atoms with Crippen molar-refractivity contribution in [2.75, 3.05) is 11.9 Å². The highest BCUT2D eigenvalue weighted by molar-refractivity contribution is 5.47. The summed E-state index contributed by atoms with van der Waals surface area (Å²) in [5.74, 6) is 1.31. The highest BCUT2D eigenvalue weighted by Gasteiger charge is 2.26. The second-order valence-electron chi connectivity index (χ2n) is 4.73. The summed E-state index contributed by atoms with van der Waals surface area (Å²) >= 11 is 0. The summed E-state index contributed by atoms with van der Waals surface area (Å²) in [5, 5.41) is 22.2. The van der Waals surface area contributed by atoms with E-state index in [-0.39, 0.29) is 0 Å². The minimum absolute atomic E-state index is 0.325. The van der Waals surface area contributed by atoms with Crippen LogP contribution in [0.1, 0.15) is 24.0 Å². The molecule has 98 valence electrons. The second kappa shape index (κ2) is 5.17. The Labute approximate surface area is 112 Å². The van der Waals surface area contributed by atoms with E-state index in [1.807, 2.05) is 25.1 Å². The van der Waals surface area contributed by atoms with Gasteiger partial charge in [0.25, 0.3) is 0 Å². The number of hydrogen-bond donors (Lipinski definition) is 2. The predicted molar refractivity (Wildman–Crippen MR) is 72.7 cm³/mol. The maximum Gasteiger partial charge on any atom is 0.137 e. The van der Waals surface area contributed by atoms with E-state index in [0.717, 1.165) is 11.4 Å². The van der Waals surface area contributed by atoms with Crippen LogP contribution in [0.25, 0.3) is 0 Å². The molecule has 0 saturated carbocycles. The Balaban J connectivity index is 2.03. The van der Waals surface area contributed by atoms with Crippen molar-refractivity contribution >= 4 is 5.69 Å². The van der Waals surface area contributed by atoms with E-state index in [2.05, 4.69) is 11.4 Å². The van der Waals surface area contributed by atoms with E-state index >= 15 is 0 Å². The van der Waals surface area contributed by atoms with Gasteiger partial charge in [0.2, 0.25) is 0 Å². The lowest BCUT2D eigenvalue weighted by atomic mass is 10.0. The van der Waals surface area contributed by atoms with Crippen molar-refractivity contribution in [1.29, 1.82) is 5.26 Å². The molecule has 2 rings (SSSR count). The van der Waals surface area contributed by atoms with Crippen molar-refractivity contribution in [3.63, 3.8) is 0 Å². The molecule has 0 radical (unpaired) electrons. The van der Waals surface area contributed by atoms with Crippen molar-refractivity contribution < 1.29 is 9.52 Å². The van der Waals surface area contributed by atoms with Gasteiger partial charge in [0, 0.05) is 5.69 Å². The van der Waals surface area contributed by atoms with Crippen LogP contribution in [0.2, 0.25) is 0 Å². The first-order chi connectivity index (χ1) is 9.01. The molecule has 0 aliphatic heterocycles. The molecule has 0 aliphatic rings. The number of nitrogens with zero attached hydrogens (tertiary/aromatic N) is 1. The van der Waals surface area contributed by atoms with E-state index in [9.17, 15) is 5.11 Å². The summed E-state index contributed by atoms with van der Waals surface area (Å²) < 4.78 is 5.44. The summed E-state index contributed by atoms with van der Waals surface area (Å²) in [6.45, 7) is 3.86. The Bertz CT molecular complexity index is 591. The molecule has 1 unspecified atom stereocenters. The molecule has 4 nitrogen and oxygen atoms in total. The second-order valence-corrected chi connectivity index (χ2v) is 4.73. The van der Waals surface area contributed by atoms with Gasteiger partial charge < -0.3 is 14.8 Å². The smallest absolute Gasteiger partial charge is 0.137 e. The first-order valence-corrected chi connectivity index (χ1v) is 6.04. The average Bonchev–Trinajstić information content (AvgIpc) is 2.85. The number of furan rings is 1. The Morgan fingerprint density at radius 2 is 1.95 bits per heavy atom. The third kappa shape index (κ3) is 3.15. The minimum Gasteiger partial charge on any atom is -0.463 e. The van der Waals surface area contributed by atoms with Crippen molar-refractivity contribution in [1.82, 2.24) is 0 Å². The van der Waals surface area contributed by atoms with Gasteiger partial charge in [-0.05, 0) is 50.2 Å². The molecule has 1 aromatic heterocycles. The zero-order valence-electron chi connectivity index (χ0n) is 11.0. The van der Waals surface area contributed by atoms with Crippen LogP contribution in [0.3, 0.4) is 0 Å². The SMILES string of the molecule is Cc1ccc(C(C)(O)CNc2ccc(C#N)cc2)o1. The van der Waals surface area contributed by atoms with Crippen LogP contribution in [-0.4, -0.2) is 11.7 Å². The third-order valence-electron chi connectivity index (χ3n) is 2.92. The Hall–Kier alpha value is -2.25. The lowest BCUT2D eigenvalue weighted by Gasteiger charge is -2.22. The molecule has 1 aromatic carbocycles. The fourth-order valence-corrected chi connectivity index (χ4v) is 1.75. The number of nitrogens with one attached hydrogen (secondary N) is 1. The van der Waals surface area contributed by atoms with Gasteiger partial charge in [0.15, 0.2) is 0 Å². The van der Waals surface area contributed by atoms with Crippen LogP contribution in [0.15, 0.2) is 40.8 Å². The maximum absolute atomic E-state index is 10.4. The molecule has 4 heteroatoms. The van der Waals surface area contributed by atoms with Crippen LogP contribution in [0.4, 0.5) is 5.69 Å². The molecule has 0 aliphatic carbocycles. The van der Waals surface area contributed by atoms with E-state index in [1.165, 1.54) is 0 Å². The average molecular weight is 256 g/mol. The van der Waals surface area contributed by atoms with E-state index in [1.54, 1.807) is 25.1 Å². The number of rotatable bonds is 4. The Morgan fingerprint density at radius 1 is 1.26 bits per heavy atom. The number of aliphatic hydroxyl groups is 1. The first kappa shape index (κ1) is 13.2. The van der Waals surface area contributed by atoms with Gasteiger partial charge in [0.1, 0.15) is 17.1 Å². The standard InChI is InChI=1S/C15H16N2O2/c1-11-3-8-14(19-11)15(2,18)10-17-13-6-4-12(9-16)5-7-13/h3-8,17-18H,10H2,1-2H3. The molecule has 2 aromatic rings. The Morgan fingerprint density at radius 3 is 2.47 bits per heavy atom. The van der Waals surface area contributed by atoms with Crippen LogP contribution < -0.4 is 5.32 Å². The molecule has 0 amide bonds. The number of anilines is 1. The third-order valence-corrected chi connectivity index (χ3v) is 2.92. The number of nitriles is 1. The van der Waals surface area contributed by atoms with Gasteiger partial charge in [-0.1, -0.05) is 0 Å². The van der Waals surface area contributed by atoms with Gasteiger partial charge >= 0.3 is 0 Å². The fraction of sp³-hybridized carbons (Fsp3) is 0.267. The zero-order valence-corrected chi connectivity index (χ0v) is 11.0. The van der Waals surface area contributed by atoms with Crippen LogP contribution in [0.5, 0.6) is 0 Å². The predicted octanol–water partition coefficient (Wildman–Crippen LogP) is 2.78. The highest BCUT2D eigenvalue weighted by Crippen LogP contribution is 2.23. The molecular weight excluding hydrogens is 240 g/mol. The topological polar surface area (TPSA) is 69.2 Å². The van der Waals surface area contributed by atoms with Crippen molar-refractivity contribution in [3.8, 4) is 6.07 Å². The van der Waals surface area contributed by atoms with Crippen LogP contribution in [-0.2, 0) is 5.60 Å². The van der Waals surface area contributed by atoms with Gasteiger partial charge in [-0.15, -0.1) is 0 Å². The normalized spacial score (nSPS) is 13.6. The van der Waals surface area contributed by atoms with E-state index in [0.29, 0.717) is 17.9 Å². The van der Waals surface area contributed by atoms with E-state index in [4.69, 9.17) is 9.68 Å². The summed E-state index contributed by atoms with van der Waals surface area (Å²) in [5.41, 5.74) is 0.379. The van der Waals surface area contributed by atoms with Crippen molar-refractivity contribution in [2.45, 2.75) is 19.4 Å². The molecule has 0 bridgehead atoms. The molecule has 1 atom stereocenters. The van der Waals surface area contributed by atoms with E-state index < -0.39 is 5.60 Å². The van der Waals surface area contributed by atoms with Gasteiger partial charge in [-0.3, -0.25) is 0 Å². The summed E-state index contributed by atoms with van der Waals surface area (Å²) in [4.78, 5) is 0. The van der Waals surface area contributed by atoms with Gasteiger partial charge in [-0.25, -0.2) is 0 Å². The zero-order chi connectivity index (χ0) is 13.9. The summed E-state index contributed by atoms with van der Waals surface area (Å²) in [6, 6.07) is 12.7. The summed E-state index contributed by atoms with van der Waals surface area (Å²) in [7, 11) is 0. The molecule has 19 heavy (non-hydrogen) atoms. The first-order valence-electron chi connectivity index (χ1n) is 6.04. The molecule has 0 spiro atoms. The van der Waals surface area contributed by atoms with Gasteiger partial charge in [-0.2, -0.15) is 5.26 Å². The maximum atomic E-state index is 10.4. The monoisotopic (exact) mass is 256 g/mol. The largest absolute Gasteiger partial charge is 0.463 e.